The van der Waals surface area contributed by atoms with Gasteiger partial charge in [-0.1, -0.05) is 6.07 Å². The number of aromatic nitrogens is 3. The SMILES string of the molecule is CCNC(=NCc1nnc2ccccn12)NCC1CCN(CCOC)CC1. The van der Waals surface area contributed by atoms with Gasteiger partial charge in [0.25, 0.3) is 0 Å². The zero-order chi connectivity index (χ0) is 18.9. The van der Waals surface area contributed by atoms with Crippen LogP contribution in [0.2, 0.25) is 0 Å². The van der Waals surface area contributed by atoms with Gasteiger partial charge in [0, 0.05) is 32.9 Å². The van der Waals surface area contributed by atoms with Crippen molar-refractivity contribution in [3.63, 3.8) is 0 Å². The van der Waals surface area contributed by atoms with E-state index < -0.39 is 0 Å². The number of ether oxygens (including phenoxy) is 1. The molecule has 0 spiro atoms. The van der Waals surface area contributed by atoms with E-state index in [0.717, 1.165) is 56.8 Å². The maximum atomic E-state index is 5.17. The van der Waals surface area contributed by atoms with Crippen LogP contribution >= 0.6 is 0 Å². The number of fused-ring (bicyclic) bond motifs is 1. The molecule has 27 heavy (non-hydrogen) atoms. The molecule has 0 saturated carbocycles. The van der Waals surface area contributed by atoms with Gasteiger partial charge in [0.05, 0.1) is 6.61 Å². The first-order valence-corrected chi connectivity index (χ1v) is 9.82. The van der Waals surface area contributed by atoms with Gasteiger partial charge in [-0.3, -0.25) is 4.40 Å². The van der Waals surface area contributed by atoms with E-state index in [-0.39, 0.29) is 0 Å². The van der Waals surface area contributed by atoms with Crippen molar-refractivity contribution in [1.82, 2.24) is 30.1 Å². The first-order chi connectivity index (χ1) is 13.3. The van der Waals surface area contributed by atoms with Crippen LogP contribution in [0.15, 0.2) is 29.4 Å². The van der Waals surface area contributed by atoms with E-state index in [1.807, 2.05) is 28.8 Å². The lowest BCUT2D eigenvalue weighted by Crippen LogP contribution is -2.43. The number of guanidine groups is 1. The summed E-state index contributed by atoms with van der Waals surface area (Å²) in [5.41, 5.74) is 0.848. The third-order valence-electron chi connectivity index (χ3n) is 4.98. The highest BCUT2D eigenvalue weighted by Gasteiger charge is 2.19. The Morgan fingerprint density at radius 2 is 2.11 bits per heavy atom. The summed E-state index contributed by atoms with van der Waals surface area (Å²) in [4.78, 5) is 7.17. The van der Waals surface area contributed by atoms with Crippen molar-refractivity contribution >= 4 is 11.6 Å². The molecule has 1 fully saturated rings. The molecule has 8 nitrogen and oxygen atoms in total. The molecule has 0 radical (unpaired) electrons. The maximum Gasteiger partial charge on any atom is 0.191 e. The monoisotopic (exact) mass is 373 g/mol. The van der Waals surface area contributed by atoms with Crippen LogP contribution in [0.3, 0.4) is 0 Å². The summed E-state index contributed by atoms with van der Waals surface area (Å²) in [7, 11) is 1.76. The second-order valence-electron chi connectivity index (χ2n) is 6.90. The normalized spacial score (nSPS) is 16.7. The second-order valence-corrected chi connectivity index (χ2v) is 6.90. The second kappa shape index (κ2) is 10.2. The molecule has 148 valence electrons. The van der Waals surface area contributed by atoms with Crippen LogP contribution in [0.25, 0.3) is 5.65 Å². The minimum Gasteiger partial charge on any atom is -0.383 e. The van der Waals surface area contributed by atoms with Crippen LogP contribution in [-0.2, 0) is 11.3 Å². The van der Waals surface area contributed by atoms with Gasteiger partial charge in [-0.25, -0.2) is 4.99 Å². The number of piperidine rings is 1. The zero-order valence-corrected chi connectivity index (χ0v) is 16.4. The lowest BCUT2D eigenvalue weighted by Gasteiger charge is -2.32. The number of aliphatic imine (C=N–C) groups is 1. The predicted molar refractivity (Wildman–Crippen MR) is 107 cm³/mol. The number of nitrogens with one attached hydrogen (secondary N) is 2. The average Bonchev–Trinajstić information content (AvgIpc) is 3.12. The topological polar surface area (TPSA) is 79.1 Å². The summed E-state index contributed by atoms with van der Waals surface area (Å²) in [5.74, 6) is 2.36. The fourth-order valence-corrected chi connectivity index (χ4v) is 3.37. The van der Waals surface area contributed by atoms with Gasteiger partial charge in [-0.05, 0) is 50.9 Å². The molecule has 0 unspecified atom stereocenters. The lowest BCUT2D eigenvalue weighted by atomic mass is 9.97. The van der Waals surface area contributed by atoms with Crippen molar-refractivity contribution < 1.29 is 4.74 Å². The van der Waals surface area contributed by atoms with Crippen molar-refractivity contribution in [2.45, 2.75) is 26.3 Å². The standard InChI is InChI=1S/C19H31N7O/c1-3-20-19(21-14-16-7-10-25(11-8-16)12-13-27-2)22-15-18-24-23-17-6-4-5-9-26(17)18/h4-6,9,16H,3,7-8,10-15H2,1-2H3,(H2,20,21,22). The van der Waals surface area contributed by atoms with Crippen LogP contribution in [0, 0.1) is 5.92 Å². The molecule has 8 heteroatoms. The van der Waals surface area contributed by atoms with Crippen LogP contribution in [0.4, 0.5) is 0 Å². The average molecular weight is 374 g/mol. The number of methoxy groups -OCH3 is 1. The molecule has 0 atom stereocenters. The third-order valence-corrected chi connectivity index (χ3v) is 4.98. The molecule has 2 aromatic rings. The lowest BCUT2D eigenvalue weighted by molar-refractivity contribution is 0.121. The number of likely N-dealkylation sites (tertiary alicyclic amines) is 1. The molecule has 3 heterocycles. The summed E-state index contributed by atoms with van der Waals surface area (Å²) in [6.07, 6.45) is 4.40. The first-order valence-electron chi connectivity index (χ1n) is 9.82. The van der Waals surface area contributed by atoms with Crippen LogP contribution in [0.5, 0.6) is 0 Å². The first kappa shape index (κ1) is 19.6. The molecule has 0 aliphatic carbocycles. The fraction of sp³-hybridized carbons (Fsp3) is 0.632. The van der Waals surface area contributed by atoms with E-state index in [0.29, 0.717) is 12.5 Å². The quantitative estimate of drug-likeness (QED) is 0.534. The summed E-state index contributed by atoms with van der Waals surface area (Å²) in [5, 5.41) is 15.2. The van der Waals surface area contributed by atoms with Crippen LogP contribution < -0.4 is 10.6 Å². The van der Waals surface area contributed by atoms with E-state index in [1.165, 1.54) is 12.8 Å². The molecule has 1 aliphatic heterocycles. The maximum absolute atomic E-state index is 5.17. The fourth-order valence-electron chi connectivity index (χ4n) is 3.37. The number of nitrogens with zero attached hydrogens (tertiary/aromatic N) is 5. The highest BCUT2D eigenvalue weighted by Crippen LogP contribution is 2.16. The van der Waals surface area contributed by atoms with E-state index >= 15 is 0 Å². The van der Waals surface area contributed by atoms with E-state index in [1.54, 1.807) is 7.11 Å². The minimum atomic E-state index is 0.496. The van der Waals surface area contributed by atoms with Crippen LogP contribution in [-0.4, -0.2) is 71.9 Å². The van der Waals surface area contributed by atoms with Gasteiger partial charge in [0.15, 0.2) is 17.4 Å². The predicted octanol–water partition coefficient (Wildman–Crippen LogP) is 1.14. The highest BCUT2D eigenvalue weighted by atomic mass is 16.5. The number of pyridine rings is 1. The van der Waals surface area contributed by atoms with E-state index in [4.69, 9.17) is 9.73 Å². The molecule has 0 amide bonds. The Balaban J connectivity index is 1.50. The Kier molecular flexibility index (Phi) is 7.41. The molecule has 2 aromatic heterocycles. The van der Waals surface area contributed by atoms with Crippen molar-refractivity contribution in [3.8, 4) is 0 Å². The number of rotatable bonds is 8. The highest BCUT2D eigenvalue weighted by molar-refractivity contribution is 5.79. The summed E-state index contributed by atoms with van der Waals surface area (Å²) < 4.78 is 7.15. The molecular weight excluding hydrogens is 342 g/mol. The Labute approximate surface area is 161 Å². The number of hydrogen-bond donors (Lipinski definition) is 2. The Hall–Kier alpha value is -2.19. The van der Waals surface area contributed by atoms with Gasteiger partial charge in [0.2, 0.25) is 0 Å². The zero-order valence-electron chi connectivity index (χ0n) is 16.4. The largest absolute Gasteiger partial charge is 0.383 e. The summed E-state index contributed by atoms with van der Waals surface area (Å²) in [6.45, 7) is 8.51. The molecule has 0 bridgehead atoms. The summed E-state index contributed by atoms with van der Waals surface area (Å²) >= 11 is 0. The molecule has 0 aromatic carbocycles. The Morgan fingerprint density at radius 3 is 2.89 bits per heavy atom. The smallest absolute Gasteiger partial charge is 0.191 e. The number of hydrogen-bond acceptors (Lipinski definition) is 5. The van der Waals surface area contributed by atoms with Crippen molar-refractivity contribution in [2.24, 2.45) is 10.9 Å². The van der Waals surface area contributed by atoms with Crippen LogP contribution in [0.1, 0.15) is 25.6 Å². The molecule has 1 saturated heterocycles. The molecule has 1 aliphatic rings. The molecule has 3 rings (SSSR count). The van der Waals surface area contributed by atoms with Crippen molar-refractivity contribution in [3.05, 3.63) is 30.2 Å². The molecular formula is C19H31N7O. The molecule has 2 N–H and O–H groups in total. The van der Waals surface area contributed by atoms with Gasteiger partial charge in [-0.2, -0.15) is 0 Å². The Bertz CT molecular complexity index is 722. The van der Waals surface area contributed by atoms with Gasteiger partial charge >= 0.3 is 0 Å². The van der Waals surface area contributed by atoms with Gasteiger partial charge in [0.1, 0.15) is 6.54 Å². The third kappa shape index (κ3) is 5.64. The van der Waals surface area contributed by atoms with Gasteiger partial charge in [-0.15, -0.1) is 10.2 Å². The Morgan fingerprint density at radius 1 is 1.26 bits per heavy atom. The minimum absolute atomic E-state index is 0.496. The van der Waals surface area contributed by atoms with E-state index in [2.05, 4.69) is 32.7 Å². The summed E-state index contributed by atoms with van der Waals surface area (Å²) in [6, 6.07) is 5.89. The van der Waals surface area contributed by atoms with Crippen molar-refractivity contribution in [2.75, 3.05) is 46.4 Å². The van der Waals surface area contributed by atoms with Crippen molar-refractivity contribution in [1.29, 1.82) is 0 Å². The van der Waals surface area contributed by atoms with Gasteiger partial charge < -0.3 is 20.3 Å². The van der Waals surface area contributed by atoms with E-state index in [9.17, 15) is 0 Å².